The zero-order valence-corrected chi connectivity index (χ0v) is 14.9. The minimum absolute atomic E-state index is 0.0379. The first-order valence-electron chi connectivity index (χ1n) is 8.41. The lowest BCUT2D eigenvalue weighted by molar-refractivity contribution is -0.118. The van der Waals surface area contributed by atoms with E-state index in [4.69, 9.17) is 11.6 Å². The van der Waals surface area contributed by atoms with E-state index in [2.05, 4.69) is 15.6 Å². The molecule has 4 nitrogen and oxygen atoms in total. The van der Waals surface area contributed by atoms with Crippen LogP contribution in [0.3, 0.4) is 0 Å². The van der Waals surface area contributed by atoms with Gasteiger partial charge in [-0.15, -0.1) is 11.3 Å². The maximum absolute atomic E-state index is 12.8. The van der Waals surface area contributed by atoms with Crippen LogP contribution in [0.25, 0.3) is 0 Å². The van der Waals surface area contributed by atoms with Crippen molar-refractivity contribution < 1.29 is 4.79 Å². The molecule has 2 heterocycles. The Labute approximate surface area is 150 Å². The molecule has 0 radical (unpaired) electrons. The summed E-state index contributed by atoms with van der Waals surface area (Å²) in [5.74, 6) is 0.605. The zero-order valence-electron chi connectivity index (χ0n) is 13.3. The molecule has 2 N–H and O–H groups in total. The topological polar surface area (TPSA) is 54.0 Å². The third-order valence-corrected chi connectivity index (χ3v) is 6.36. The van der Waals surface area contributed by atoms with E-state index in [1.54, 1.807) is 11.3 Å². The maximum atomic E-state index is 12.8. The van der Waals surface area contributed by atoms with Gasteiger partial charge in [-0.3, -0.25) is 4.79 Å². The van der Waals surface area contributed by atoms with Crippen molar-refractivity contribution in [2.75, 3.05) is 18.4 Å². The van der Waals surface area contributed by atoms with Crippen molar-refractivity contribution in [3.8, 4) is 0 Å². The van der Waals surface area contributed by atoms with E-state index in [1.165, 1.54) is 4.88 Å². The lowest BCUT2D eigenvalue weighted by Crippen LogP contribution is -2.27. The van der Waals surface area contributed by atoms with Crippen LogP contribution in [0.5, 0.6) is 0 Å². The minimum Gasteiger partial charge on any atom is -0.317 e. The Balaban J connectivity index is 1.47. The van der Waals surface area contributed by atoms with Gasteiger partial charge in [0.25, 0.3) is 0 Å². The number of aromatic nitrogens is 1. The summed E-state index contributed by atoms with van der Waals surface area (Å²) < 4.78 is 0. The summed E-state index contributed by atoms with van der Waals surface area (Å²) in [4.78, 5) is 18.5. The van der Waals surface area contributed by atoms with Gasteiger partial charge in [0.05, 0.1) is 5.41 Å². The fraction of sp³-hybridized carbons (Fsp3) is 0.444. The fourth-order valence-electron chi connectivity index (χ4n) is 3.41. The molecule has 6 heteroatoms. The van der Waals surface area contributed by atoms with Crippen LogP contribution in [0.1, 0.15) is 42.0 Å². The molecule has 1 saturated carbocycles. The van der Waals surface area contributed by atoms with Crippen molar-refractivity contribution in [1.82, 2.24) is 10.3 Å². The molecule has 0 spiro atoms. The number of carbonyl (C=O) groups excluding carboxylic acids is 1. The lowest BCUT2D eigenvalue weighted by atomic mass is 9.95. The Morgan fingerprint density at radius 3 is 2.83 bits per heavy atom. The predicted octanol–water partition coefficient (Wildman–Crippen LogP) is 3.93. The van der Waals surface area contributed by atoms with Crippen molar-refractivity contribution in [3.05, 3.63) is 45.9 Å². The highest BCUT2D eigenvalue weighted by atomic mass is 35.5. The number of thiazole rings is 1. The number of carbonyl (C=O) groups is 1. The van der Waals surface area contributed by atoms with Gasteiger partial charge < -0.3 is 10.6 Å². The number of amides is 1. The van der Waals surface area contributed by atoms with Crippen molar-refractivity contribution in [3.63, 3.8) is 0 Å². The first kappa shape index (κ1) is 16.1. The highest BCUT2D eigenvalue weighted by Crippen LogP contribution is 2.49. The van der Waals surface area contributed by atoms with Crippen molar-refractivity contribution in [2.45, 2.75) is 37.0 Å². The Morgan fingerprint density at radius 2 is 2.12 bits per heavy atom. The van der Waals surface area contributed by atoms with E-state index < -0.39 is 5.41 Å². The third kappa shape index (κ3) is 3.08. The van der Waals surface area contributed by atoms with Crippen LogP contribution < -0.4 is 10.6 Å². The highest BCUT2D eigenvalue weighted by Gasteiger charge is 2.51. The van der Waals surface area contributed by atoms with E-state index in [0.29, 0.717) is 16.1 Å². The third-order valence-electron chi connectivity index (χ3n) is 5.05. The molecule has 2 aliphatic rings. The van der Waals surface area contributed by atoms with E-state index in [1.807, 2.05) is 30.5 Å². The molecule has 0 unspecified atom stereocenters. The largest absolute Gasteiger partial charge is 0.317 e. The Bertz CT molecular complexity index is 750. The van der Waals surface area contributed by atoms with Crippen LogP contribution >= 0.6 is 22.9 Å². The number of rotatable bonds is 4. The first-order valence-corrected chi connectivity index (χ1v) is 9.61. The van der Waals surface area contributed by atoms with Crippen molar-refractivity contribution in [1.29, 1.82) is 0 Å². The molecule has 1 amide bonds. The van der Waals surface area contributed by atoms with E-state index in [9.17, 15) is 4.79 Å². The molecule has 126 valence electrons. The monoisotopic (exact) mass is 361 g/mol. The summed E-state index contributed by atoms with van der Waals surface area (Å²) in [6.45, 7) is 2.12. The van der Waals surface area contributed by atoms with Gasteiger partial charge in [-0.1, -0.05) is 23.7 Å². The normalized spacial score (nSPS) is 19.9. The molecule has 0 bridgehead atoms. The maximum Gasteiger partial charge on any atom is 0.236 e. The number of hydrogen-bond acceptors (Lipinski definition) is 4. The Kier molecular flexibility index (Phi) is 4.33. The summed E-state index contributed by atoms with van der Waals surface area (Å²) in [7, 11) is 0. The SMILES string of the molecule is O=C(Nc1ncc(C2CCNCC2)s1)C1(c2cccc(Cl)c2)CC1. The van der Waals surface area contributed by atoms with Gasteiger partial charge in [-0.2, -0.15) is 0 Å². The van der Waals surface area contributed by atoms with Gasteiger partial charge in [-0.05, 0) is 62.4 Å². The first-order chi connectivity index (χ1) is 11.7. The number of nitrogens with zero attached hydrogens (tertiary/aromatic N) is 1. The number of hydrogen-bond donors (Lipinski definition) is 2. The molecular weight excluding hydrogens is 342 g/mol. The number of benzene rings is 1. The second-order valence-electron chi connectivity index (χ2n) is 6.64. The lowest BCUT2D eigenvalue weighted by Gasteiger charge is -2.20. The van der Waals surface area contributed by atoms with E-state index >= 15 is 0 Å². The second-order valence-corrected chi connectivity index (χ2v) is 8.14. The molecule has 1 aromatic carbocycles. The van der Waals surface area contributed by atoms with E-state index in [-0.39, 0.29) is 5.91 Å². The molecule has 2 aromatic rings. The molecule has 1 saturated heterocycles. The van der Waals surface area contributed by atoms with Crippen LogP contribution in [0.2, 0.25) is 5.02 Å². The molecule has 0 atom stereocenters. The van der Waals surface area contributed by atoms with Gasteiger partial charge in [0.2, 0.25) is 5.91 Å². The average molecular weight is 362 g/mol. The number of piperidine rings is 1. The molecule has 1 aromatic heterocycles. The van der Waals surface area contributed by atoms with Crippen molar-refractivity contribution in [2.24, 2.45) is 0 Å². The second kappa shape index (κ2) is 6.47. The van der Waals surface area contributed by atoms with Crippen LogP contribution in [0, 0.1) is 0 Å². The standard InChI is InChI=1S/C18H20ClN3OS/c19-14-3-1-2-13(10-14)18(6-7-18)16(23)22-17-21-11-15(24-17)12-4-8-20-9-5-12/h1-3,10-12,20H,4-9H2,(H,21,22,23). The number of halogens is 1. The number of anilines is 1. The van der Waals surface area contributed by atoms with Crippen LogP contribution in [-0.2, 0) is 10.2 Å². The smallest absolute Gasteiger partial charge is 0.236 e. The van der Waals surface area contributed by atoms with Gasteiger partial charge in [0, 0.05) is 16.1 Å². The summed E-state index contributed by atoms with van der Waals surface area (Å²) in [5, 5.41) is 7.79. The predicted molar refractivity (Wildman–Crippen MR) is 98.0 cm³/mol. The summed E-state index contributed by atoms with van der Waals surface area (Å²) in [5.41, 5.74) is 0.577. The van der Waals surface area contributed by atoms with Gasteiger partial charge >= 0.3 is 0 Å². The molecule has 24 heavy (non-hydrogen) atoms. The van der Waals surface area contributed by atoms with Crippen LogP contribution in [0.4, 0.5) is 5.13 Å². The van der Waals surface area contributed by atoms with Gasteiger partial charge in [-0.25, -0.2) is 4.98 Å². The van der Waals surface area contributed by atoms with Gasteiger partial charge in [0.15, 0.2) is 5.13 Å². The van der Waals surface area contributed by atoms with Crippen LogP contribution in [0.15, 0.2) is 30.5 Å². The molecule has 2 fully saturated rings. The fourth-order valence-corrected chi connectivity index (χ4v) is 4.58. The highest BCUT2D eigenvalue weighted by molar-refractivity contribution is 7.15. The molecule has 1 aliphatic heterocycles. The quantitative estimate of drug-likeness (QED) is 0.867. The molecule has 1 aliphatic carbocycles. The minimum atomic E-state index is -0.425. The number of nitrogens with one attached hydrogen (secondary N) is 2. The summed E-state index contributed by atoms with van der Waals surface area (Å²) >= 11 is 7.70. The summed E-state index contributed by atoms with van der Waals surface area (Å²) in [6.07, 6.45) is 5.94. The van der Waals surface area contributed by atoms with Crippen molar-refractivity contribution >= 4 is 34.0 Å². The summed E-state index contributed by atoms with van der Waals surface area (Å²) in [6, 6.07) is 7.63. The molecule has 4 rings (SSSR count). The molecular formula is C18H20ClN3OS. The van der Waals surface area contributed by atoms with Crippen LogP contribution in [-0.4, -0.2) is 24.0 Å². The Hall–Kier alpha value is -1.43. The van der Waals surface area contributed by atoms with E-state index in [0.717, 1.165) is 44.3 Å². The average Bonchev–Trinajstić information content (AvgIpc) is 3.30. The Morgan fingerprint density at radius 1 is 1.33 bits per heavy atom. The van der Waals surface area contributed by atoms with Gasteiger partial charge in [0.1, 0.15) is 0 Å². The zero-order chi connectivity index (χ0) is 16.6.